The van der Waals surface area contributed by atoms with Crippen molar-refractivity contribution in [2.75, 3.05) is 11.9 Å². The third-order valence-corrected chi connectivity index (χ3v) is 3.33. The summed E-state index contributed by atoms with van der Waals surface area (Å²) in [6.07, 6.45) is 5.72. The van der Waals surface area contributed by atoms with Crippen molar-refractivity contribution in [2.45, 2.75) is 39.0 Å². The molecule has 3 nitrogen and oxygen atoms in total. The van der Waals surface area contributed by atoms with Crippen molar-refractivity contribution in [1.82, 2.24) is 4.98 Å². The first-order valence-corrected chi connectivity index (χ1v) is 6.69. The Morgan fingerprint density at radius 1 is 1.47 bits per heavy atom. The Bertz CT molecular complexity index is 429. The first kappa shape index (κ1) is 12.3. The van der Waals surface area contributed by atoms with Crippen LogP contribution in [0, 0.1) is 0 Å². The molecule has 0 amide bonds. The number of hydrogen-bond donors (Lipinski definition) is 2. The number of rotatable bonds is 4. The van der Waals surface area contributed by atoms with Gasteiger partial charge in [0.1, 0.15) is 10.8 Å². The van der Waals surface area contributed by atoms with Gasteiger partial charge in [-0.15, -0.1) is 0 Å². The lowest BCUT2D eigenvalue weighted by molar-refractivity contribution is 0.668. The van der Waals surface area contributed by atoms with Gasteiger partial charge in [-0.3, -0.25) is 0 Å². The lowest BCUT2D eigenvalue weighted by atomic mass is 9.94. The molecule has 1 heterocycles. The standard InChI is InChI=1S/C13H19N3S/c1-2-7-15-13-10(12(14)17)8-9-5-3-4-6-11(9)16-13/h8H,2-7H2,1H3,(H2,14,17)(H,15,16). The molecule has 0 saturated heterocycles. The molecule has 0 aromatic carbocycles. The van der Waals surface area contributed by atoms with E-state index in [1.54, 1.807) is 0 Å². The number of aromatic nitrogens is 1. The molecule has 0 fully saturated rings. The second-order valence-electron chi connectivity index (χ2n) is 4.49. The van der Waals surface area contributed by atoms with E-state index < -0.39 is 0 Å². The highest BCUT2D eigenvalue weighted by molar-refractivity contribution is 7.80. The maximum Gasteiger partial charge on any atom is 0.136 e. The number of nitrogens with two attached hydrogens (primary N) is 1. The van der Waals surface area contributed by atoms with Gasteiger partial charge in [0, 0.05) is 12.2 Å². The summed E-state index contributed by atoms with van der Waals surface area (Å²) < 4.78 is 0. The van der Waals surface area contributed by atoms with E-state index in [1.165, 1.54) is 24.1 Å². The first-order chi connectivity index (χ1) is 8.22. The molecular weight excluding hydrogens is 230 g/mol. The molecule has 0 bridgehead atoms. The van der Waals surface area contributed by atoms with E-state index in [0.717, 1.165) is 37.2 Å². The van der Waals surface area contributed by atoms with Crippen LogP contribution in [0.25, 0.3) is 0 Å². The quantitative estimate of drug-likeness (QED) is 0.805. The fourth-order valence-corrected chi connectivity index (χ4v) is 2.36. The summed E-state index contributed by atoms with van der Waals surface area (Å²) in [4.78, 5) is 5.13. The van der Waals surface area contributed by atoms with Crippen molar-refractivity contribution >= 4 is 23.0 Å². The molecule has 0 atom stereocenters. The fourth-order valence-electron chi connectivity index (χ4n) is 2.20. The van der Waals surface area contributed by atoms with E-state index in [2.05, 4.69) is 18.3 Å². The van der Waals surface area contributed by atoms with Gasteiger partial charge in [-0.1, -0.05) is 19.1 Å². The zero-order chi connectivity index (χ0) is 12.3. The predicted octanol–water partition coefficient (Wildman–Crippen LogP) is 2.42. The van der Waals surface area contributed by atoms with E-state index in [1.807, 2.05) is 0 Å². The Morgan fingerprint density at radius 3 is 2.94 bits per heavy atom. The van der Waals surface area contributed by atoms with Crippen LogP contribution in [-0.4, -0.2) is 16.5 Å². The summed E-state index contributed by atoms with van der Waals surface area (Å²) in [6.45, 7) is 3.03. The first-order valence-electron chi connectivity index (χ1n) is 6.29. The maximum absolute atomic E-state index is 5.77. The van der Waals surface area contributed by atoms with Gasteiger partial charge in [-0.05, 0) is 43.7 Å². The molecule has 0 saturated carbocycles. The minimum absolute atomic E-state index is 0.435. The highest BCUT2D eigenvalue weighted by Crippen LogP contribution is 2.24. The SMILES string of the molecule is CCCNc1nc2c(cc1C(N)=S)CCCC2. The number of anilines is 1. The van der Waals surface area contributed by atoms with Gasteiger partial charge in [0.05, 0.1) is 5.56 Å². The van der Waals surface area contributed by atoms with Crippen LogP contribution in [-0.2, 0) is 12.8 Å². The van der Waals surface area contributed by atoms with E-state index in [9.17, 15) is 0 Å². The highest BCUT2D eigenvalue weighted by Gasteiger charge is 2.15. The minimum Gasteiger partial charge on any atom is -0.389 e. The number of hydrogen-bond acceptors (Lipinski definition) is 3. The molecule has 17 heavy (non-hydrogen) atoms. The number of pyridine rings is 1. The Labute approximate surface area is 108 Å². The number of nitrogens with one attached hydrogen (secondary N) is 1. The lowest BCUT2D eigenvalue weighted by Gasteiger charge is -2.18. The average Bonchev–Trinajstić information content (AvgIpc) is 2.35. The number of aryl methyl sites for hydroxylation is 2. The Kier molecular flexibility index (Phi) is 3.94. The van der Waals surface area contributed by atoms with Gasteiger partial charge < -0.3 is 11.1 Å². The van der Waals surface area contributed by atoms with E-state index in [4.69, 9.17) is 22.9 Å². The predicted molar refractivity (Wildman–Crippen MR) is 75.5 cm³/mol. The number of nitrogens with zero attached hydrogens (tertiary/aromatic N) is 1. The van der Waals surface area contributed by atoms with Crippen LogP contribution in [0.1, 0.15) is 43.0 Å². The zero-order valence-electron chi connectivity index (χ0n) is 10.3. The monoisotopic (exact) mass is 249 g/mol. The summed E-state index contributed by atoms with van der Waals surface area (Å²) in [5, 5.41) is 3.32. The Morgan fingerprint density at radius 2 is 2.24 bits per heavy atom. The fraction of sp³-hybridized carbons (Fsp3) is 0.538. The van der Waals surface area contributed by atoms with Gasteiger partial charge in [0.25, 0.3) is 0 Å². The van der Waals surface area contributed by atoms with Crippen molar-refractivity contribution in [2.24, 2.45) is 5.73 Å². The largest absolute Gasteiger partial charge is 0.389 e. The summed E-state index contributed by atoms with van der Waals surface area (Å²) in [5.41, 5.74) is 9.21. The van der Waals surface area contributed by atoms with Gasteiger partial charge in [-0.2, -0.15) is 0 Å². The number of fused-ring (bicyclic) bond motifs is 1. The third kappa shape index (κ3) is 2.75. The van der Waals surface area contributed by atoms with Crippen LogP contribution in [0.15, 0.2) is 6.07 Å². The molecule has 1 aromatic rings. The summed E-state index contributed by atoms with van der Waals surface area (Å²) >= 11 is 5.10. The molecular formula is C13H19N3S. The van der Waals surface area contributed by atoms with Gasteiger partial charge in [-0.25, -0.2) is 4.98 Å². The van der Waals surface area contributed by atoms with Crippen LogP contribution in [0.2, 0.25) is 0 Å². The molecule has 1 aliphatic carbocycles. The van der Waals surface area contributed by atoms with E-state index in [0.29, 0.717) is 4.99 Å². The second-order valence-corrected chi connectivity index (χ2v) is 4.93. The summed E-state index contributed by atoms with van der Waals surface area (Å²) in [5.74, 6) is 0.861. The molecule has 0 aliphatic heterocycles. The van der Waals surface area contributed by atoms with Gasteiger partial charge in [0.15, 0.2) is 0 Å². The van der Waals surface area contributed by atoms with Crippen molar-refractivity contribution in [1.29, 1.82) is 0 Å². The molecule has 92 valence electrons. The Balaban J connectivity index is 2.37. The zero-order valence-corrected chi connectivity index (χ0v) is 11.1. The second kappa shape index (κ2) is 5.45. The number of thiocarbonyl (C=S) groups is 1. The molecule has 0 unspecified atom stereocenters. The van der Waals surface area contributed by atoms with Crippen molar-refractivity contribution in [3.05, 3.63) is 22.9 Å². The molecule has 1 aliphatic rings. The maximum atomic E-state index is 5.77. The van der Waals surface area contributed by atoms with Crippen LogP contribution >= 0.6 is 12.2 Å². The van der Waals surface area contributed by atoms with E-state index >= 15 is 0 Å². The van der Waals surface area contributed by atoms with Crippen LogP contribution < -0.4 is 11.1 Å². The van der Waals surface area contributed by atoms with Crippen molar-refractivity contribution < 1.29 is 0 Å². The third-order valence-electron chi connectivity index (χ3n) is 3.11. The van der Waals surface area contributed by atoms with Crippen molar-refractivity contribution in [3.63, 3.8) is 0 Å². The summed E-state index contributed by atoms with van der Waals surface area (Å²) in [6, 6.07) is 2.13. The topological polar surface area (TPSA) is 50.9 Å². The molecule has 0 spiro atoms. The molecule has 3 N–H and O–H groups in total. The summed E-state index contributed by atoms with van der Waals surface area (Å²) in [7, 11) is 0. The smallest absolute Gasteiger partial charge is 0.136 e. The normalized spacial score (nSPS) is 14.2. The molecule has 1 aromatic heterocycles. The minimum atomic E-state index is 0.435. The molecule has 2 rings (SSSR count). The van der Waals surface area contributed by atoms with Crippen LogP contribution in [0.3, 0.4) is 0 Å². The van der Waals surface area contributed by atoms with Crippen LogP contribution in [0.5, 0.6) is 0 Å². The highest BCUT2D eigenvalue weighted by atomic mass is 32.1. The average molecular weight is 249 g/mol. The van der Waals surface area contributed by atoms with E-state index in [-0.39, 0.29) is 0 Å². The van der Waals surface area contributed by atoms with Gasteiger partial charge >= 0.3 is 0 Å². The molecule has 4 heteroatoms. The van der Waals surface area contributed by atoms with Crippen molar-refractivity contribution in [3.8, 4) is 0 Å². The molecule has 0 radical (unpaired) electrons. The van der Waals surface area contributed by atoms with Gasteiger partial charge in [0.2, 0.25) is 0 Å². The van der Waals surface area contributed by atoms with Crippen LogP contribution in [0.4, 0.5) is 5.82 Å². The lowest BCUT2D eigenvalue weighted by Crippen LogP contribution is -2.18. The Hall–Kier alpha value is -1.16.